The van der Waals surface area contributed by atoms with Crippen LogP contribution < -0.4 is 0 Å². The smallest absolute Gasteiger partial charge is 0.138 e. The van der Waals surface area contributed by atoms with Gasteiger partial charge in [-0.3, -0.25) is 9.88 Å². The summed E-state index contributed by atoms with van der Waals surface area (Å²) in [4.78, 5) is 6.67. The topological polar surface area (TPSA) is 45.6 Å². The van der Waals surface area contributed by atoms with Crippen LogP contribution in [0.2, 0.25) is 0 Å². The van der Waals surface area contributed by atoms with Crippen molar-refractivity contribution in [3.05, 3.63) is 24.0 Å². The normalized spacial score (nSPS) is 23.6. The lowest BCUT2D eigenvalue weighted by atomic mass is 9.80. The zero-order chi connectivity index (χ0) is 12.4. The molecule has 0 radical (unpaired) electrons. The standard InChI is InChI=1S/C14H20N2O2/c17-13-2-1-6-15-12(13)10-16-7-3-14(11-16)4-8-18-9-5-14/h1-2,6,17H,3-5,7-11H2. The van der Waals surface area contributed by atoms with Crippen LogP contribution in [0.15, 0.2) is 18.3 Å². The van der Waals surface area contributed by atoms with Gasteiger partial charge in [-0.2, -0.15) is 0 Å². The van der Waals surface area contributed by atoms with Gasteiger partial charge in [-0.15, -0.1) is 0 Å². The molecule has 0 atom stereocenters. The number of hydrogen-bond acceptors (Lipinski definition) is 4. The SMILES string of the molecule is Oc1cccnc1CN1CCC2(CCOCC2)C1. The molecule has 2 aliphatic rings. The molecule has 4 nitrogen and oxygen atoms in total. The summed E-state index contributed by atoms with van der Waals surface area (Å²) < 4.78 is 5.46. The minimum atomic E-state index is 0.311. The zero-order valence-electron chi connectivity index (χ0n) is 10.6. The van der Waals surface area contributed by atoms with Crippen LogP contribution in [0.5, 0.6) is 5.75 Å². The molecule has 18 heavy (non-hydrogen) atoms. The molecule has 1 aromatic rings. The van der Waals surface area contributed by atoms with E-state index in [0.717, 1.165) is 38.5 Å². The van der Waals surface area contributed by atoms with Gasteiger partial charge in [0.1, 0.15) is 5.75 Å². The molecule has 0 unspecified atom stereocenters. The summed E-state index contributed by atoms with van der Waals surface area (Å²) in [6.45, 7) is 4.79. The molecular formula is C14H20N2O2. The van der Waals surface area contributed by atoms with Crippen LogP contribution in [0, 0.1) is 5.41 Å². The summed E-state index contributed by atoms with van der Waals surface area (Å²) in [7, 11) is 0. The van der Waals surface area contributed by atoms with E-state index < -0.39 is 0 Å². The number of likely N-dealkylation sites (tertiary alicyclic amines) is 1. The monoisotopic (exact) mass is 248 g/mol. The van der Waals surface area contributed by atoms with Crippen molar-refractivity contribution in [1.29, 1.82) is 0 Å². The van der Waals surface area contributed by atoms with Crippen molar-refractivity contribution in [3.63, 3.8) is 0 Å². The number of hydrogen-bond donors (Lipinski definition) is 1. The van der Waals surface area contributed by atoms with Crippen molar-refractivity contribution in [2.24, 2.45) is 5.41 Å². The van der Waals surface area contributed by atoms with E-state index in [1.54, 1.807) is 18.3 Å². The van der Waals surface area contributed by atoms with Crippen molar-refractivity contribution in [1.82, 2.24) is 9.88 Å². The number of aromatic nitrogens is 1. The molecule has 2 aliphatic heterocycles. The van der Waals surface area contributed by atoms with Crippen molar-refractivity contribution in [2.75, 3.05) is 26.3 Å². The highest BCUT2D eigenvalue weighted by Crippen LogP contribution is 2.40. The first-order valence-electron chi connectivity index (χ1n) is 6.70. The maximum Gasteiger partial charge on any atom is 0.138 e. The van der Waals surface area contributed by atoms with Gasteiger partial charge in [0.05, 0.1) is 5.69 Å². The molecular weight excluding hydrogens is 228 g/mol. The van der Waals surface area contributed by atoms with Gasteiger partial charge >= 0.3 is 0 Å². The Hall–Kier alpha value is -1.13. The van der Waals surface area contributed by atoms with Gasteiger partial charge in [-0.1, -0.05) is 0 Å². The first kappa shape index (κ1) is 11.9. The van der Waals surface area contributed by atoms with E-state index in [-0.39, 0.29) is 0 Å². The van der Waals surface area contributed by atoms with Gasteiger partial charge < -0.3 is 9.84 Å². The maximum atomic E-state index is 9.76. The van der Waals surface area contributed by atoms with E-state index in [2.05, 4.69) is 9.88 Å². The Bertz CT molecular complexity index is 416. The molecule has 0 amide bonds. The Morgan fingerprint density at radius 2 is 2.17 bits per heavy atom. The summed E-state index contributed by atoms with van der Waals surface area (Å²) in [6.07, 6.45) is 5.36. The lowest BCUT2D eigenvalue weighted by Gasteiger charge is -2.33. The van der Waals surface area contributed by atoms with Crippen molar-refractivity contribution >= 4 is 0 Å². The minimum absolute atomic E-state index is 0.311. The van der Waals surface area contributed by atoms with E-state index in [0.29, 0.717) is 11.2 Å². The van der Waals surface area contributed by atoms with Crippen molar-refractivity contribution in [3.8, 4) is 5.75 Å². The summed E-state index contributed by atoms with van der Waals surface area (Å²) >= 11 is 0. The largest absolute Gasteiger partial charge is 0.506 e. The molecule has 3 rings (SSSR count). The lowest BCUT2D eigenvalue weighted by molar-refractivity contribution is 0.0189. The average Bonchev–Trinajstić information content (AvgIpc) is 2.76. The van der Waals surface area contributed by atoms with Crippen molar-refractivity contribution in [2.45, 2.75) is 25.8 Å². The lowest BCUT2D eigenvalue weighted by Crippen LogP contribution is -2.32. The second-order valence-electron chi connectivity index (χ2n) is 5.54. The maximum absolute atomic E-state index is 9.76. The number of pyridine rings is 1. The Labute approximate surface area is 108 Å². The highest BCUT2D eigenvalue weighted by Gasteiger charge is 2.39. The third kappa shape index (κ3) is 2.35. The zero-order valence-corrected chi connectivity index (χ0v) is 10.6. The van der Waals surface area contributed by atoms with Crippen molar-refractivity contribution < 1.29 is 9.84 Å². The quantitative estimate of drug-likeness (QED) is 0.866. The number of nitrogens with zero attached hydrogens (tertiary/aromatic N) is 2. The summed E-state index contributed by atoms with van der Waals surface area (Å²) in [5.74, 6) is 0.311. The number of rotatable bonds is 2. The fourth-order valence-corrected chi connectivity index (χ4v) is 3.14. The Kier molecular flexibility index (Phi) is 3.22. The van der Waals surface area contributed by atoms with E-state index >= 15 is 0 Å². The van der Waals surface area contributed by atoms with Gasteiger partial charge in [0.25, 0.3) is 0 Å². The molecule has 0 aromatic carbocycles. The number of aromatic hydroxyl groups is 1. The van der Waals surface area contributed by atoms with Crippen LogP contribution in [-0.2, 0) is 11.3 Å². The molecule has 0 saturated carbocycles. The second kappa shape index (κ2) is 4.86. The predicted molar refractivity (Wildman–Crippen MR) is 68.3 cm³/mol. The molecule has 1 spiro atoms. The van der Waals surface area contributed by atoms with Crippen LogP contribution in [0.4, 0.5) is 0 Å². The molecule has 1 aromatic heterocycles. The summed E-state index contributed by atoms with van der Waals surface area (Å²) in [6, 6.07) is 3.48. The molecule has 0 bridgehead atoms. The fourth-order valence-electron chi connectivity index (χ4n) is 3.14. The molecule has 1 N–H and O–H groups in total. The van der Waals surface area contributed by atoms with Crippen LogP contribution in [0.1, 0.15) is 25.0 Å². The van der Waals surface area contributed by atoms with Gasteiger partial charge in [0.15, 0.2) is 0 Å². The van der Waals surface area contributed by atoms with Crippen LogP contribution >= 0.6 is 0 Å². The van der Waals surface area contributed by atoms with Crippen LogP contribution in [0.3, 0.4) is 0 Å². The summed E-state index contributed by atoms with van der Waals surface area (Å²) in [5, 5.41) is 9.76. The van der Waals surface area contributed by atoms with Gasteiger partial charge in [-0.25, -0.2) is 0 Å². The fraction of sp³-hybridized carbons (Fsp3) is 0.643. The predicted octanol–water partition coefficient (Wildman–Crippen LogP) is 1.79. The van der Waals surface area contributed by atoms with Crippen LogP contribution in [0.25, 0.3) is 0 Å². The third-order valence-corrected chi connectivity index (χ3v) is 4.31. The Morgan fingerprint density at radius 1 is 1.33 bits per heavy atom. The Balaban J connectivity index is 1.64. The first-order chi connectivity index (χ1) is 8.77. The summed E-state index contributed by atoms with van der Waals surface area (Å²) in [5.41, 5.74) is 1.25. The van der Waals surface area contributed by atoms with E-state index in [1.807, 2.05) is 0 Å². The number of ether oxygens (including phenoxy) is 1. The van der Waals surface area contributed by atoms with Gasteiger partial charge in [0, 0.05) is 32.5 Å². The molecule has 98 valence electrons. The van der Waals surface area contributed by atoms with Gasteiger partial charge in [-0.05, 0) is 43.4 Å². The van der Waals surface area contributed by atoms with E-state index in [4.69, 9.17) is 4.74 Å². The molecule has 2 saturated heterocycles. The average molecular weight is 248 g/mol. The third-order valence-electron chi connectivity index (χ3n) is 4.31. The highest BCUT2D eigenvalue weighted by atomic mass is 16.5. The minimum Gasteiger partial charge on any atom is -0.506 e. The molecule has 4 heteroatoms. The van der Waals surface area contributed by atoms with E-state index in [1.165, 1.54) is 19.3 Å². The van der Waals surface area contributed by atoms with Gasteiger partial charge in [0.2, 0.25) is 0 Å². The molecule has 3 heterocycles. The molecule has 2 fully saturated rings. The molecule has 0 aliphatic carbocycles. The Morgan fingerprint density at radius 3 is 2.94 bits per heavy atom. The second-order valence-corrected chi connectivity index (χ2v) is 5.54. The van der Waals surface area contributed by atoms with Crippen LogP contribution in [-0.4, -0.2) is 41.3 Å². The van der Waals surface area contributed by atoms with E-state index in [9.17, 15) is 5.11 Å². The first-order valence-corrected chi connectivity index (χ1v) is 6.70. The highest BCUT2D eigenvalue weighted by molar-refractivity contribution is 5.24.